The molecule has 1 heterocycles. The molecule has 0 radical (unpaired) electrons. The maximum absolute atomic E-state index is 12.1. The van der Waals surface area contributed by atoms with Crippen LogP contribution in [-0.2, 0) is 9.53 Å². The van der Waals surface area contributed by atoms with Gasteiger partial charge >= 0.3 is 11.7 Å². The van der Waals surface area contributed by atoms with E-state index in [0.717, 1.165) is 9.80 Å². The molecule has 1 aromatic rings. The first kappa shape index (κ1) is 15.1. The van der Waals surface area contributed by atoms with Gasteiger partial charge in [0, 0.05) is 11.6 Å². The van der Waals surface area contributed by atoms with Gasteiger partial charge in [-0.25, -0.2) is 4.79 Å². The summed E-state index contributed by atoms with van der Waals surface area (Å²) >= 11 is 3.11. The van der Waals surface area contributed by atoms with Crippen molar-refractivity contribution in [3.05, 3.63) is 34.3 Å². The molecule has 0 aliphatic rings. The minimum absolute atomic E-state index is 0.285. The number of aromatic nitrogens is 1. The fourth-order valence-corrected chi connectivity index (χ4v) is 2.93. The number of esters is 1. The third-order valence-electron chi connectivity index (χ3n) is 2.24. The molecule has 0 N–H and O–H groups in total. The number of thioether (sulfide) groups is 2. The largest absolute Gasteiger partial charge is 0.458 e. The fourth-order valence-electron chi connectivity index (χ4n) is 1.50. The Balaban J connectivity index is 3.29. The van der Waals surface area contributed by atoms with Gasteiger partial charge in [-0.2, -0.15) is 4.57 Å². The van der Waals surface area contributed by atoms with Gasteiger partial charge in [-0.15, -0.1) is 23.5 Å². The zero-order valence-corrected chi connectivity index (χ0v) is 12.7. The third kappa shape index (κ3) is 3.78. The van der Waals surface area contributed by atoms with Crippen LogP contribution in [0.3, 0.4) is 0 Å². The highest BCUT2D eigenvalue weighted by Gasteiger charge is 2.26. The van der Waals surface area contributed by atoms with Gasteiger partial charge in [0.15, 0.2) is 12.4 Å². The topological polar surface area (TPSA) is 30.2 Å². The first-order chi connectivity index (χ1) is 8.63. The summed E-state index contributed by atoms with van der Waals surface area (Å²) in [6.07, 6.45) is 7.72. The third-order valence-corrected chi connectivity index (χ3v) is 4.37. The second-order valence-electron chi connectivity index (χ2n) is 3.55. The van der Waals surface area contributed by atoms with Crippen molar-refractivity contribution in [2.24, 2.45) is 0 Å². The average molecular weight is 284 g/mol. The first-order valence-electron chi connectivity index (χ1n) is 5.61. The molecule has 3 nitrogen and oxygen atoms in total. The van der Waals surface area contributed by atoms with Crippen LogP contribution < -0.4 is 4.57 Å². The number of hydrogen-bond acceptors (Lipinski definition) is 4. The Morgan fingerprint density at radius 1 is 1.39 bits per heavy atom. The number of ether oxygens (including phenoxy) is 1. The van der Waals surface area contributed by atoms with E-state index in [1.54, 1.807) is 23.5 Å². The van der Waals surface area contributed by atoms with Crippen LogP contribution in [0, 0.1) is 6.92 Å². The van der Waals surface area contributed by atoms with Crippen molar-refractivity contribution < 1.29 is 14.1 Å². The number of carbonyl (C=O) groups is 1. The quantitative estimate of drug-likeness (QED) is 0.472. The molecule has 0 atom stereocenters. The van der Waals surface area contributed by atoms with Crippen molar-refractivity contribution in [2.45, 2.75) is 13.8 Å². The summed E-state index contributed by atoms with van der Waals surface area (Å²) in [5.41, 5.74) is 1.68. The summed E-state index contributed by atoms with van der Waals surface area (Å²) in [7, 11) is 0. The Morgan fingerprint density at radius 2 is 2.06 bits per heavy atom. The Hall–Kier alpha value is -0.940. The fraction of sp³-hybridized carbons (Fsp3) is 0.385. The highest BCUT2D eigenvalue weighted by Crippen LogP contribution is 2.28. The number of nitrogens with zero attached hydrogens (tertiary/aromatic N) is 1. The van der Waals surface area contributed by atoms with E-state index < -0.39 is 0 Å². The van der Waals surface area contributed by atoms with Crippen LogP contribution in [0.15, 0.2) is 28.8 Å². The minimum Gasteiger partial charge on any atom is -0.458 e. The smallest absolute Gasteiger partial charge is 0.405 e. The van der Waals surface area contributed by atoms with Gasteiger partial charge in [-0.1, -0.05) is 0 Å². The summed E-state index contributed by atoms with van der Waals surface area (Å²) in [6, 6.07) is 3.92. The predicted octanol–water partition coefficient (Wildman–Crippen LogP) is 2.70. The van der Waals surface area contributed by atoms with Crippen molar-refractivity contribution in [1.29, 1.82) is 0 Å². The molecule has 0 saturated carbocycles. The second-order valence-corrected chi connectivity index (χ2v) is 5.44. The lowest BCUT2D eigenvalue weighted by Crippen LogP contribution is -2.37. The Morgan fingerprint density at radius 3 is 2.56 bits per heavy atom. The molecule has 0 amide bonds. The van der Waals surface area contributed by atoms with Gasteiger partial charge in [0.2, 0.25) is 0 Å². The van der Waals surface area contributed by atoms with E-state index >= 15 is 0 Å². The van der Waals surface area contributed by atoms with E-state index in [2.05, 4.69) is 0 Å². The van der Waals surface area contributed by atoms with E-state index in [-0.39, 0.29) is 5.97 Å². The summed E-state index contributed by atoms with van der Waals surface area (Å²) in [5, 5.41) is 0. The summed E-state index contributed by atoms with van der Waals surface area (Å²) in [4.78, 5) is 12.1. The maximum atomic E-state index is 12.1. The molecular weight excluding hydrogens is 266 g/mol. The molecule has 98 valence electrons. The van der Waals surface area contributed by atoms with Crippen LogP contribution in [0.4, 0.5) is 0 Å². The Kier molecular flexibility index (Phi) is 6.29. The predicted molar refractivity (Wildman–Crippen MR) is 78.3 cm³/mol. The Labute approximate surface area is 117 Å². The van der Waals surface area contributed by atoms with Crippen molar-refractivity contribution in [1.82, 2.24) is 0 Å². The van der Waals surface area contributed by atoms with Gasteiger partial charge in [0.25, 0.3) is 0 Å². The lowest BCUT2D eigenvalue weighted by Gasteiger charge is -2.06. The summed E-state index contributed by atoms with van der Waals surface area (Å²) in [5.74, 6) is -0.285. The molecule has 5 heteroatoms. The summed E-state index contributed by atoms with van der Waals surface area (Å²) in [6.45, 7) is 4.19. The number of aryl methyl sites for hydroxylation is 1. The van der Waals surface area contributed by atoms with Gasteiger partial charge in [-0.3, -0.25) is 0 Å². The van der Waals surface area contributed by atoms with Gasteiger partial charge < -0.3 is 4.74 Å². The Bertz CT molecular complexity index is 452. The molecule has 18 heavy (non-hydrogen) atoms. The van der Waals surface area contributed by atoms with Crippen LogP contribution in [-0.4, -0.2) is 25.1 Å². The molecule has 1 aromatic heterocycles. The molecule has 0 aliphatic carbocycles. The number of carbonyl (C=O) groups excluding carboxylic acids is 1. The second kappa shape index (κ2) is 7.48. The van der Waals surface area contributed by atoms with Crippen LogP contribution in [0.1, 0.15) is 12.5 Å². The van der Waals surface area contributed by atoms with E-state index in [9.17, 15) is 4.79 Å². The van der Waals surface area contributed by atoms with Crippen molar-refractivity contribution in [3.63, 3.8) is 0 Å². The number of hydrogen-bond donors (Lipinski definition) is 0. The molecule has 0 unspecified atom stereocenters. The van der Waals surface area contributed by atoms with Gasteiger partial charge in [0.1, 0.15) is 4.24 Å². The lowest BCUT2D eigenvalue weighted by molar-refractivity contribution is -0.578. The molecule has 0 aromatic carbocycles. The van der Waals surface area contributed by atoms with E-state index in [1.807, 2.05) is 55.5 Å². The molecular formula is C13H18NO2S2+. The highest BCUT2D eigenvalue weighted by atomic mass is 32.2. The molecule has 0 aliphatic heterocycles. The molecule has 0 saturated heterocycles. The zero-order valence-electron chi connectivity index (χ0n) is 11.1. The average Bonchev–Trinajstić information content (AvgIpc) is 2.35. The highest BCUT2D eigenvalue weighted by molar-refractivity contribution is 8.21. The first-order valence-corrected chi connectivity index (χ1v) is 8.06. The van der Waals surface area contributed by atoms with E-state index in [1.165, 1.54) is 0 Å². The van der Waals surface area contributed by atoms with E-state index in [0.29, 0.717) is 12.3 Å². The lowest BCUT2D eigenvalue weighted by atomic mass is 10.3. The molecule has 0 spiro atoms. The van der Waals surface area contributed by atoms with Crippen LogP contribution in [0.2, 0.25) is 0 Å². The van der Waals surface area contributed by atoms with Crippen molar-refractivity contribution in [3.8, 4) is 0 Å². The molecule has 1 rings (SSSR count). The van der Waals surface area contributed by atoms with Gasteiger partial charge in [0.05, 0.1) is 6.61 Å². The molecule has 0 fully saturated rings. The van der Waals surface area contributed by atoms with Crippen molar-refractivity contribution in [2.75, 3.05) is 19.1 Å². The standard InChI is InChI=1S/C13H18NO2S2/c1-5-16-12(15)11(13(17-3)18-4)14-8-6-7-10(2)9-14/h6-9H,5H2,1-4H3/q+1. The van der Waals surface area contributed by atoms with Crippen molar-refractivity contribution >= 4 is 35.2 Å². The maximum Gasteiger partial charge on any atom is 0.405 e. The SMILES string of the molecule is CCOC(=O)C(=C(SC)SC)[n+]1cccc(C)c1. The van der Waals surface area contributed by atoms with Crippen LogP contribution in [0.5, 0.6) is 0 Å². The zero-order chi connectivity index (χ0) is 13.5. The normalized spacial score (nSPS) is 10.0. The monoisotopic (exact) mass is 284 g/mol. The van der Waals surface area contributed by atoms with Crippen LogP contribution >= 0.6 is 23.5 Å². The van der Waals surface area contributed by atoms with E-state index in [4.69, 9.17) is 4.74 Å². The summed E-state index contributed by atoms with van der Waals surface area (Å²) < 4.78 is 7.92. The van der Waals surface area contributed by atoms with Crippen LogP contribution in [0.25, 0.3) is 5.70 Å². The number of pyridine rings is 1. The minimum atomic E-state index is -0.285. The molecule has 0 bridgehead atoms. The number of rotatable bonds is 5. The van der Waals surface area contributed by atoms with Gasteiger partial charge in [-0.05, 0) is 32.4 Å².